The van der Waals surface area contributed by atoms with E-state index in [4.69, 9.17) is 28.9 Å². The lowest BCUT2D eigenvalue weighted by molar-refractivity contribution is 0.558. The van der Waals surface area contributed by atoms with Gasteiger partial charge in [-0.3, -0.25) is 0 Å². The number of nitrogens with zero attached hydrogens (tertiary/aromatic N) is 2. The van der Waals surface area contributed by atoms with Gasteiger partial charge < -0.3 is 5.73 Å². The summed E-state index contributed by atoms with van der Waals surface area (Å²) in [5.74, 6) is 0. The van der Waals surface area contributed by atoms with Crippen molar-refractivity contribution in [3.8, 4) is 5.69 Å². The summed E-state index contributed by atoms with van der Waals surface area (Å²) in [6.45, 7) is 0. The predicted octanol–water partition coefficient (Wildman–Crippen LogP) is 3.52. The Morgan fingerprint density at radius 1 is 1.28 bits per heavy atom. The second-order valence-electron chi connectivity index (χ2n) is 4.56. The lowest BCUT2D eigenvalue weighted by atomic mass is 9.94. The molecule has 1 aliphatic carbocycles. The maximum absolute atomic E-state index is 6.09. The molecule has 0 aliphatic heterocycles. The molecule has 0 spiro atoms. The van der Waals surface area contributed by atoms with Gasteiger partial charge >= 0.3 is 0 Å². The largest absolute Gasteiger partial charge is 0.324 e. The van der Waals surface area contributed by atoms with Gasteiger partial charge in [0.1, 0.15) is 0 Å². The van der Waals surface area contributed by atoms with Crippen molar-refractivity contribution in [2.45, 2.75) is 25.3 Å². The van der Waals surface area contributed by atoms with E-state index in [9.17, 15) is 0 Å². The van der Waals surface area contributed by atoms with Crippen LogP contribution >= 0.6 is 23.2 Å². The first-order valence-corrected chi connectivity index (χ1v) is 6.70. The molecule has 1 heterocycles. The maximum Gasteiger partial charge on any atom is 0.0664 e. The minimum atomic E-state index is 0.102. The summed E-state index contributed by atoms with van der Waals surface area (Å²) in [6.07, 6.45) is 4.99. The van der Waals surface area contributed by atoms with Gasteiger partial charge in [0.25, 0.3) is 0 Å². The molecule has 94 valence electrons. The second-order valence-corrected chi connectivity index (χ2v) is 5.37. The Morgan fingerprint density at radius 2 is 2.11 bits per heavy atom. The van der Waals surface area contributed by atoms with Crippen molar-refractivity contribution >= 4 is 23.2 Å². The van der Waals surface area contributed by atoms with E-state index < -0.39 is 0 Å². The van der Waals surface area contributed by atoms with Crippen LogP contribution in [0, 0.1) is 0 Å². The second kappa shape index (κ2) is 4.57. The van der Waals surface area contributed by atoms with E-state index in [1.54, 1.807) is 6.07 Å². The third-order valence-corrected chi connectivity index (χ3v) is 4.12. The van der Waals surface area contributed by atoms with Crippen molar-refractivity contribution < 1.29 is 0 Å². The summed E-state index contributed by atoms with van der Waals surface area (Å²) in [6, 6.07) is 5.64. The zero-order valence-electron chi connectivity index (χ0n) is 9.74. The summed E-state index contributed by atoms with van der Waals surface area (Å²) in [7, 11) is 0. The van der Waals surface area contributed by atoms with Crippen LogP contribution in [0.5, 0.6) is 0 Å². The molecule has 2 N–H and O–H groups in total. The quantitative estimate of drug-likeness (QED) is 0.869. The van der Waals surface area contributed by atoms with Gasteiger partial charge in [0.05, 0.1) is 21.9 Å². The molecule has 2 aromatic rings. The van der Waals surface area contributed by atoms with Crippen LogP contribution in [0.25, 0.3) is 5.69 Å². The smallest absolute Gasteiger partial charge is 0.0664 e. The van der Waals surface area contributed by atoms with E-state index in [0.717, 1.165) is 30.5 Å². The maximum atomic E-state index is 6.09. The van der Waals surface area contributed by atoms with Crippen LogP contribution in [0.4, 0.5) is 0 Å². The molecule has 1 atom stereocenters. The Bertz CT molecular complexity index is 592. The molecule has 0 saturated carbocycles. The number of hydrogen-bond donors (Lipinski definition) is 1. The Kier molecular flexibility index (Phi) is 3.06. The molecule has 1 aromatic carbocycles. The minimum Gasteiger partial charge on any atom is -0.324 e. The fourth-order valence-electron chi connectivity index (χ4n) is 2.43. The Labute approximate surface area is 115 Å². The highest BCUT2D eigenvalue weighted by atomic mass is 35.5. The summed E-state index contributed by atoms with van der Waals surface area (Å²) >= 11 is 12.0. The first-order chi connectivity index (χ1) is 8.66. The van der Waals surface area contributed by atoms with E-state index in [1.807, 2.05) is 23.0 Å². The molecule has 0 radical (unpaired) electrons. The van der Waals surface area contributed by atoms with Crippen molar-refractivity contribution in [1.82, 2.24) is 9.78 Å². The zero-order valence-corrected chi connectivity index (χ0v) is 11.2. The van der Waals surface area contributed by atoms with Gasteiger partial charge in [0, 0.05) is 17.3 Å². The van der Waals surface area contributed by atoms with Gasteiger partial charge in [0.15, 0.2) is 0 Å². The highest BCUT2D eigenvalue weighted by molar-refractivity contribution is 6.42. The topological polar surface area (TPSA) is 43.8 Å². The van der Waals surface area contributed by atoms with Crippen LogP contribution < -0.4 is 5.73 Å². The Morgan fingerprint density at radius 3 is 2.89 bits per heavy atom. The van der Waals surface area contributed by atoms with Crippen LogP contribution in [0.3, 0.4) is 0 Å². The van der Waals surface area contributed by atoms with E-state index in [-0.39, 0.29) is 6.04 Å². The van der Waals surface area contributed by atoms with Gasteiger partial charge in [-0.25, -0.2) is 4.68 Å². The van der Waals surface area contributed by atoms with E-state index in [2.05, 4.69) is 5.10 Å². The summed E-state index contributed by atoms with van der Waals surface area (Å²) < 4.78 is 1.91. The van der Waals surface area contributed by atoms with Gasteiger partial charge in [0.2, 0.25) is 0 Å². The summed E-state index contributed by atoms with van der Waals surface area (Å²) in [4.78, 5) is 0. The normalized spacial score (nSPS) is 18.7. The molecule has 1 unspecified atom stereocenters. The number of aromatic nitrogens is 2. The van der Waals surface area contributed by atoms with Crippen molar-refractivity contribution in [3.63, 3.8) is 0 Å². The van der Waals surface area contributed by atoms with Gasteiger partial charge in [-0.1, -0.05) is 23.2 Å². The number of rotatable bonds is 1. The molecule has 0 saturated heterocycles. The lowest BCUT2D eigenvalue weighted by Crippen LogP contribution is -2.17. The molecular formula is C13H13Cl2N3. The Balaban J connectivity index is 2.09. The summed E-state index contributed by atoms with van der Waals surface area (Å²) in [5.41, 5.74) is 9.35. The number of halogens is 2. The molecule has 0 fully saturated rings. The molecule has 18 heavy (non-hydrogen) atoms. The number of fused-ring (bicyclic) bond motifs is 1. The predicted molar refractivity (Wildman–Crippen MR) is 73.5 cm³/mol. The van der Waals surface area contributed by atoms with Crippen LogP contribution in [-0.2, 0) is 6.42 Å². The number of hydrogen-bond acceptors (Lipinski definition) is 2. The third kappa shape index (κ3) is 1.92. The first-order valence-electron chi connectivity index (χ1n) is 5.94. The van der Waals surface area contributed by atoms with Crippen molar-refractivity contribution in [3.05, 3.63) is 45.7 Å². The monoisotopic (exact) mass is 281 g/mol. The van der Waals surface area contributed by atoms with Gasteiger partial charge in [-0.05, 0) is 37.5 Å². The first kappa shape index (κ1) is 12.0. The molecule has 3 nitrogen and oxygen atoms in total. The molecule has 1 aromatic heterocycles. The van der Waals surface area contributed by atoms with Gasteiger partial charge in [-0.2, -0.15) is 5.10 Å². The summed E-state index contributed by atoms with van der Waals surface area (Å²) in [5, 5.41) is 5.52. The van der Waals surface area contributed by atoms with Crippen molar-refractivity contribution in [1.29, 1.82) is 0 Å². The van der Waals surface area contributed by atoms with Crippen LogP contribution in [0.1, 0.15) is 30.1 Å². The zero-order chi connectivity index (χ0) is 12.7. The third-order valence-electron chi connectivity index (χ3n) is 3.38. The fraction of sp³-hybridized carbons (Fsp3) is 0.308. The minimum absolute atomic E-state index is 0.102. The molecule has 0 amide bonds. The van der Waals surface area contributed by atoms with Crippen LogP contribution in [-0.4, -0.2) is 9.78 Å². The molecule has 1 aliphatic rings. The van der Waals surface area contributed by atoms with Crippen LogP contribution in [0.15, 0.2) is 24.4 Å². The number of benzene rings is 1. The number of nitrogens with two attached hydrogens (primary N) is 1. The van der Waals surface area contributed by atoms with E-state index in [0.29, 0.717) is 10.0 Å². The Hall–Kier alpha value is -1.03. The molecule has 5 heteroatoms. The fourth-order valence-corrected chi connectivity index (χ4v) is 2.72. The molecule has 0 bridgehead atoms. The lowest BCUT2D eigenvalue weighted by Gasteiger charge is -2.19. The standard InChI is InChI=1S/C13H13Cl2N3/c14-10-5-4-8(6-11(10)15)18-13-3-1-2-12(16)9(13)7-17-18/h4-7,12H,1-3,16H2. The SMILES string of the molecule is NC1CCCc2c1cnn2-c1ccc(Cl)c(Cl)c1. The average molecular weight is 282 g/mol. The van der Waals surface area contributed by atoms with Crippen molar-refractivity contribution in [2.75, 3.05) is 0 Å². The highest BCUT2D eigenvalue weighted by Gasteiger charge is 2.22. The highest BCUT2D eigenvalue weighted by Crippen LogP contribution is 2.31. The van der Waals surface area contributed by atoms with E-state index in [1.165, 1.54) is 5.69 Å². The molecule has 3 rings (SSSR count). The van der Waals surface area contributed by atoms with Crippen LogP contribution in [0.2, 0.25) is 10.0 Å². The van der Waals surface area contributed by atoms with E-state index >= 15 is 0 Å². The van der Waals surface area contributed by atoms with Gasteiger partial charge in [-0.15, -0.1) is 0 Å². The average Bonchev–Trinajstić information content (AvgIpc) is 2.78. The molecular weight excluding hydrogens is 269 g/mol. The van der Waals surface area contributed by atoms with Crippen molar-refractivity contribution in [2.24, 2.45) is 5.73 Å².